The smallest absolute Gasteiger partial charge is 0.261 e. The van der Waals surface area contributed by atoms with Gasteiger partial charge >= 0.3 is 0 Å². The van der Waals surface area contributed by atoms with Gasteiger partial charge in [-0.3, -0.25) is 4.79 Å². The van der Waals surface area contributed by atoms with Gasteiger partial charge in [0.05, 0.1) is 4.88 Å². The summed E-state index contributed by atoms with van der Waals surface area (Å²) in [5, 5.41) is 4.73. The highest BCUT2D eigenvalue weighted by Crippen LogP contribution is 2.16. The Morgan fingerprint density at radius 1 is 1.71 bits per heavy atom. The van der Waals surface area contributed by atoms with Crippen LogP contribution in [0.4, 0.5) is 0 Å². The molecule has 2 nitrogen and oxygen atoms in total. The molecule has 1 N–H and O–H groups in total. The maximum Gasteiger partial charge on any atom is 0.261 e. The summed E-state index contributed by atoms with van der Waals surface area (Å²) in [5.74, 6) is 2.48. The van der Waals surface area contributed by atoms with Crippen LogP contribution in [0.5, 0.6) is 0 Å². The molecule has 1 amide bonds. The second kappa shape index (κ2) is 5.46. The Labute approximate surface area is 88.3 Å². The number of thiophene rings is 1. The minimum absolute atomic E-state index is 0.00731. The molecule has 0 fully saturated rings. The molecule has 0 spiro atoms. The van der Waals surface area contributed by atoms with Crippen LogP contribution in [0.2, 0.25) is 0 Å². The van der Waals surface area contributed by atoms with Gasteiger partial charge in [-0.25, -0.2) is 0 Å². The quantitative estimate of drug-likeness (QED) is 0.594. The van der Waals surface area contributed by atoms with E-state index in [4.69, 9.17) is 6.42 Å². The molecule has 1 aromatic heterocycles. The summed E-state index contributed by atoms with van der Waals surface area (Å²) in [7, 11) is 0. The van der Waals surface area contributed by atoms with Crippen LogP contribution < -0.4 is 5.32 Å². The third-order valence-electron chi connectivity index (χ3n) is 1.89. The fourth-order valence-electron chi connectivity index (χ4n) is 1.14. The number of hydrogen-bond donors (Lipinski definition) is 1. The zero-order chi connectivity index (χ0) is 10.4. The van der Waals surface area contributed by atoms with Gasteiger partial charge in [-0.2, -0.15) is 0 Å². The minimum atomic E-state index is -0.00731. The first kappa shape index (κ1) is 10.8. The normalized spacial score (nSPS) is 9.43. The molecule has 14 heavy (non-hydrogen) atoms. The van der Waals surface area contributed by atoms with Crippen molar-refractivity contribution in [3.8, 4) is 12.3 Å². The fourth-order valence-corrected chi connectivity index (χ4v) is 2.05. The van der Waals surface area contributed by atoms with E-state index in [0.717, 1.165) is 16.9 Å². The van der Waals surface area contributed by atoms with Crippen LogP contribution >= 0.6 is 11.3 Å². The Bertz CT molecular complexity index is 348. The maximum absolute atomic E-state index is 11.6. The highest BCUT2D eigenvalue weighted by Gasteiger charge is 2.10. The van der Waals surface area contributed by atoms with Crippen molar-refractivity contribution in [2.45, 2.75) is 19.8 Å². The zero-order valence-corrected chi connectivity index (χ0v) is 8.99. The molecule has 1 aromatic rings. The Morgan fingerprint density at radius 2 is 2.50 bits per heavy atom. The molecule has 0 aliphatic heterocycles. The van der Waals surface area contributed by atoms with Crippen LogP contribution in [0.15, 0.2) is 11.4 Å². The Hall–Kier alpha value is -1.27. The summed E-state index contributed by atoms with van der Waals surface area (Å²) >= 11 is 1.48. The van der Waals surface area contributed by atoms with Crippen molar-refractivity contribution >= 4 is 17.2 Å². The van der Waals surface area contributed by atoms with Gasteiger partial charge in [-0.1, -0.05) is 6.92 Å². The number of nitrogens with one attached hydrogen (secondary N) is 1. The molecule has 0 aromatic carbocycles. The summed E-state index contributed by atoms with van der Waals surface area (Å²) in [6.45, 7) is 2.59. The van der Waals surface area contributed by atoms with E-state index >= 15 is 0 Å². The Morgan fingerprint density at radius 3 is 3.14 bits per heavy atom. The van der Waals surface area contributed by atoms with E-state index < -0.39 is 0 Å². The van der Waals surface area contributed by atoms with Gasteiger partial charge in [0.1, 0.15) is 0 Å². The van der Waals surface area contributed by atoms with Crippen LogP contribution in [0.3, 0.4) is 0 Å². The van der Waals surface area contributed by atoms with Crippen molar-refractivity contribution in [3.63, 3.8) is 0 Å². The summed E-state index contributed by atoms with van der Waals surface area (Å²) in [6, 6.07) is 1.99. The number of carbonyl (C=O) groups is 1. The molecule has 0 atom stereocenters. The third-order valence-corrected chi connectivity index (χ3v) is 2.84. The van der Waals surface area contributed by atoms with Crippen molar-refractivity contribution < 1.29 is 4.79 Å². The molecule has 3 heteroatoms. The first-order valence-corrected chi connectivity index (χ1v) is 5.45. The van der Waals surface area contributed by atoms with E-state index in [1.54, 1.807) is 0 Å². The predicted molar refractivity (Wildman–Crippen MR) is 59.5 cm³/mol. The second-order valence-corrected chi connectivity index (χ2v) is 3.75. The van der Waals surface area contributed by atoms with Crippen LogP contribution in [-0.4, -0.2) is 12.5 Å². The van der Waals surface area contributed by atoms with E-state index in [9.17, 15) is 4.79 Å². The van der Waals surface area contributed by atoms with Crippen LogP contribution in [-0.2, 0) is 6.42 Å². The van der Waals surface area contributed by atoms with Gasteiger partial charge in [-0.05, 0) is 23.4 Å². The Balaban J connectivity index is 2.57. The number of aryl methyl sites for hydroxylation is 1. The summed E-state index contributed by atoms with van der Waals surface area (Å²) < 4.78 is 0. The monoisotopic (exact) mass is 207 g/mol. The number of rotatable bonds is 4. The lowest BCUT2D eigenvalue weighted by Crippen LogP contribution is -2.24. The lowest BCUT2D eigenvalue weighted by atomic mass is 10.2. The van der Waals surface area contributed by atoms with E-state index in [1.807, 2.05) is 18.4 Å². The molecule has 0 saturated carbocycles. The SMILES string of the molecule is C#CCCNC(=O)c1sccc1CC. The number of hydrogen-bond acceptors (Lipinski definition) is 2. The number of carbonyl (C=O) groups excluding carboxylic acids is 1. The number of amides is 1. The van der Waals surface area contributed by atoms with Gasteiger partial charge in [0.2, 0.25) is 0 Å². The molecule has 1 heterocycles. The average molecular weight is 207 g/mol. The van der Waals surface area contributed by atoms with Crippen molar-refractivity contribution in [1.29, 1.82) is 0 Å². The van der Waals surface area contributed by atoms with Crippen molar-refractivity contribution in [3.05, 3.63) is 21.9 Å². The summed E-state index contributed by atoms with van der Waals surface area (Å²) in [5.41, 5.74) is 1.10. The molecule has 0 saturated heterocycles. The lowest BCUT2D eigenvalue weighted by molar-refractivity contribution is 0.0958. The van der Waals surface area contributed by atoms with E-state index in [2.05, 4.69) is 11.2 Å². The van der Waals surface area contributed by atoms with E-state index in [0.29, 0.717) is 13.0 Å². The topological polar surface area (TPSA) is 29.1 Å². The summed E-state index contributed by atoms with van der Waals surface area (Å²) in [6.07, 6.45) is 6.56. The van der Waals surface area contributed by atoms with E-state index in [1.165, 1.54) is 11.3 Å². The molecule has 0 aliphatic rings. The van der Waals surface area contributed by atoms with Gasteiger partial charge in [0.15, 0.2) is 0 Å². The van der Waals surface area contributed by atoms with E-state index in [-0.39, 0.29) is 5.91 Å². The highest BCUT2D eigenvalue weighted by atomic mass is 32.1. The van der Waals surface area contributed by atoms with Crippen molar-refractivity contribution in [2.24, 2.45) is 0 Å². The molecule has 0 aliphatic carbocycles. The van der Waals surface area contributed by atoms with Crippen molar-refractivity contribution in [1.82, 2.24) is 5.32 Å². The molecular weight excluding hydrogens is 194 g/mol. The molecular formula is C11H13NOS. The third kappa shape index (κ3) is 2.61. The lowest BCUT2D eigenvalue weighted by Gasteiger charge is -2.02. The molecule has 0 bridgehead atoms. The standard InChI is InChI=1S/C11H13NOS/c1-3-5-7-12-11(13)10-9(4-2)6-8-14-10/h1,6,8H,4-5,7H2,2H3,(H,12,13). The van der Waals surface area contributed by atoms with Gasteiger partial charge < -0.3 is 5.32 Å². The number of terminal acetylenes is 1. The fraction of sp³-hybridized carbons (Fsp3) is 0.364. The van der Waals surface area contributed by atoms with Gasteiger partial charge in [-0.15, -0.1) is 23.7 Å². The largest absolute Gasteiger partial charge is 0.350 e. The minimum Gasteiger partial charge on any atom is -0.350 e. The Kier molecular flexibility index (Phi) is 4.21. The van der Waals surface area contributed by atoms with Crippen LogP contribution in [0, 0.1) is 12.3 Å². The first-order valence-electron chi connectivity index (χ1n) is 4.57. The molecule has 74 valence electrons. The highest BCUT2D eigenvalue weighted by molar-refractivity contribution is 7.12. The molecule has 0 unspecified atom stereocenters. The summed E-state index contributed by atoms with van der Waals surface area (Å²) in [4.78, 5) is 12.4. The maximum atomic E-state index is 11.6. The van der Waals surface area contributed by atoms with Gasteiger partial charge in [0.25, 0.3) is 5.91 Å². The van der Waals surface area contributed by atoms with Gasteiger partial charge in [0, 0.05) is 13.0 Å². The molecule has 1 rings (SSSR count). The second-order valence-electron chi connectivity index (χ2n) is 2.84. The van der Waals surface area contributed by atoms with Crippen molar-refractivity contribution in [2.75, 3.05) is 6.54 Å². The average Bonchev–Trinajstić information content (AvgIpc) is 2.65. The van der Waals surface area contributed by atoms with Crippen LogP contribution in [0.1, 0.15) is 28.6 Å². The van der Waals surface area contributed by atoms with Crippen LogP contribution in [0.25, 0.3) is 0 Å². The predicted octanol–water partition coefficient (Wildman–Crippen LogP) is 2.06. The zero-order valence-electron chi connectivity index (χ0n) is 8.17. The first-order chi connectivity index (χ1) is 6.79. The molecule has 0 radical (unpaired) electrons.